The molecule has 0 saturated carbocycles. The van der Waals surface area contributed by atoms with Crippen LogP contribution in [0.3, 0.4) is 0 Å². The van der Waals surface area contributed by atoms with E-state index in [1.165, 1.54) is 0 Å². The molecule has 6 nitrogen and oxygen atoms in total. The van der Waals surface area contributed by atoms with Gasteiger partial charge in [0.15, 0.2) is 22.3 Å². The average molecular weight is 1180 g/mol. The van der Waals surface area contributed by atoms with Crippen molar-refractivity contribution in [1.82, 2.24) is 0 Å². The fourth-order valence-electron chi connectivity index (χ4n) is 14.5. The maximum atomic E-state index is 6.97. The number of rotatable bonds is 10. The van der Waals surface area contributed by atoms with Gasteiger partial charge in [-0.1, -0.05) is 243 Å². The molecule has 0 N–H and O–H groups in total. The third-order valence-corrected chi connectivity index (χ3v) is 18.7. The summed E-state index contributed by atoms with van der Waals surface area (Å²) in [4.78, 5) is 4.68. The van der Waals surface area contributed by atoms with Gasteiger partial charge in [-0.25, -0.2) is 0 Å². The number of benzene rings is 15. The highest BCUT2D eigenvalue weighted by atomic mass is 16.3. The van der Waals surface area contributed by atoms with Crippen molar-refractivity contribution in [2.75, 3.05) is 9.80 Å². The van der Waals surface area contributed by atoms with E-state index in [1.807, 2.05) is 24.3 Å². The zero-order valence-electron chi connectivity index (χ0n) is 49.5. The van der Waals surface area contributed by atoms with Crippen LogP contribution in [0.1, 0.15) is 0 Å². The topological polar surface area (TPSA) is 59.0 Å². The van der Waals surface area contributed by atoms with Crippen molar-refractivity contribution < 1.29 is 17.7 Å². The van der Waals surface area contributed by atoms with Crippen molar-refractivity contribution in [3.05, 3.63) is 315 Å². The van der Waals surface area contributed by atoms with Crippen LogP contribution in [0.2, 0.25) is 0 Å². The fraction of sp³-hybridized carbons (Fsp3) is 0. The molecule has 0 spiro atoms. The first-order valence-corrected chi connectivity index (χ1v) is 31.2. The first-order valence-electron chi connectivity index (χ1n) is 31.2. The molecule has 0 fully saturated rings. The molecule has 19 rings (SSSR count). The highest BCUT2D eigenvalue weighted by Crippen LogP contribution is 2.53. The van der Waals surface area contributed by atoms with Crippen molar-refractivity contribution in [2.45, 2.75) is 0 Å². The number of anilines is 6. The maximum Gasteiger partial charge on any atom is 0.159 e. The van der Waals surface area contributed by atoms with Crippen molar-refractivity contribution in [1.29, 1.82) is 0 Å². The molecule has 92 heavy (non-hydrogen) atoms. The van der Waals surface area contributed by atoms with Crippen LogP contribution in [0.4, 0.5) is 34.1 Å². The van der Waals surface area contributed by atoms with Gasteiger partial charge in [-0.15, -0.1) is 0 Å². The van der Waals surface area contributed by atoms with Crippen LogP contribution in [0.15, 0.2) is 333 Å². The monoisotopic (exact) mass is 1180 g/mol. The molecule has 0 saturated heterocycles. The Kier molecular flexibility index (Phi) is 11.6. The lowest BCUT2D eigenvalue weighted by Gasteiger charge is -2.28. The molecule has 0 aliphatic carbocycles. The molecule has 6 heteroatoms. The molecule has 0 aliphatic rings. The van der Waals surface area contributed by atoms with Gasteiger partial charge in [-0.3, -0.25) is 0 Å². The molecule has 0 radical (unpaired) electrons. The van der Waals surface area contributed by atoms with Gasteiger partial charge >= 0.3 is 0 Å². The number of para-hydroxylation sites is 8. The largest absolute Gasteiger partial charge is 0.454 e. The van der Waals surface area contributed by atoms with E-state index in [-0.39, 0.29) is 0 Å². The number of fused-ring (bicyclic) bond motifs is 14. The van der Waals surface area contributed by atoms with Crippen LogP contribution in [0.25, 0.3) is 154 Å². The SMILES string of the molecule is c1ccc(-c2ccc(-c3c4ccc(N(c5cccc6c5oc5ccccc56)c5cccc6c5oc5ccccc56)cc4c(-c4ccc(-c5ccccc5)cc4)c4ccc(N(c5cccc6c5oc5ccccc56)c5cccc6c5oc5ccccc56)cc34)cc2)cc1. The number of hydrogen-bond donors (Lipinski definition) is 0. The van der Waals surface area contributed by atoms with Gasteiger partial charge in [0.1, 0.15) is 22.3 Å². The number of furan rings is 4. The predicted molar refractivity (Wildman–Crippen MR) is 382 cm³/mol. The van der Waals surface area contributed by atoms with Crippen molar-refractivity contribution >= 4 is 143 Å². The zero-order chi connectivity index (χ0) is 60.4. The van der Waals surface area contributed by atoms with Crippen LogP contribution in [0, 0.1) is 0 Å². The molecule has 430 valence electrons. The standard InChI is InChI=1S/C86H52N2O4/c1-3-19-53(20-4-1)55-39-43-57(44-40-55)81-65-49-47-60(88(75-33-17-29-69-63-25-9-13-37-79(63)91-85(69)75)76-34-18-30-70-64-26-10-14-38-80(64)92-86(70)76)52-72(65)82(58-45-41-56(42-46-58)54-21-5-2-6-22-54)66-50-48-59(51-71(66)81)87(73-31-15-27-67-61-23-7-11-35-77(61)89-83(67)73)74-32-16-28-68-62-24-8-12-36-78(62)90-84(68)74/h1-52H. The van der Waals surface area contributed by atoms with E-state index >= 15 is 0 Å². The summed E-state index contributed by atoms with van der Waals surface area (Å²) in [6.07, 6.45) is 0. The van der Waals surface area contributed by atoms with E-state index in [9.17, 15) is 0 Å². The highest BCUT2D eigenvalue weighted by Gasteiger charge is 2.28. The molecule has 4 aromatic heterocycles. The second kappa shape index (κ2) is 20.6. The minimum absolute atomic E-state index is 0.783. The predicted octanol–water partition coefficient (Wildman–Crippen LogP) is 25.2. The summed E-state index contributed by atoms with van der Waals surface area (Å²) in [6, 6.07) is 113. The Morgan fingerprint density at radius 3 is 0.750 bits per heavy atom. The molecule has 0 atom stereocenters. The van der Waals surface area contributed by atoms with Crippen LogP contribution < -0.4 is 9.80 Å². The van der Waals surface area contributed by atoms with Crippen LogP contribution in [0.5, 0.6) is 0 Å². The molecule has 0 amide bonds. The van der Waals surface area contributed by atoms with Gasteiger partial charge < -0.3 is 27.5 Å². The lowest BCUT2D eigenvalue weighted by molar-refractivity contribution is 0.665. The Morgan fingerprint density at radius 1 is 0.174 bits per heavy atom. The van der Waals surface area contributed by atoms with Crippen LogP contribution in [-0.4, -0.2) is 0 Å². The zero-order valence-corrected chi connectivity index (χ0v) is 49.5. The molecule has 0 aliphatic heterocycles. The Bertz CT molecular complexity index is 5530. The van der Waals surface area contributed by atoms with Gasteiger partial charge in [0.25, 0.3) is 0 Å². The van der Waals surface area contributed by atoms with Gasteiger partial charge in [-0.2, -0.15) is 0 Å². The van der Waals surface area contributed by atoms with E-state index < -0.39 is 0 Å². The van der Waals surface area contributed by atoms with Crippen LogP contribution in [-0.2, 0) is 0 Å². The fourth-order valence-corrected chi connectivity index (χ4v) is 14.5. The molecule has 15 aromatic carbocycles. The summed E-state index contributed by atoms with van der Waals surface area (Å²) in [5, 5.41) is 12.7. The van der Waals surface area contributed by atoms with Crippen molar-refractivity contribution in [3.63, 3.8) is 0 Å². The summed E-state index contributed by atoms with van der Waals surface area (Å²) >= 11 is 0. The second-order valence-electron chi connectivity index (χ2n) is 23.8. The molecule has 0 bridgehead atoms. The quantitative estimate of drug-likeness (QED) is 0.127. The summed E-state index contributed by atoms with van der Waals surface area (Å²) in [5.41, 5.74) is 20.8. The molecule has 19 aromatic rings. The number of nitrogens with zero attached hydrogens (tertiary/aromatic N) is 2. The summed E-state index contributed by atoms with van der Waals surface area (Å²) in [6.45, 7) is 0. The van der Waals surface area contributed by atoms with E-state index in [2.05, 4.69) is 301 Å². The Balaban J connectivity index is 0.926. The smallest absolute Gasteiger partial charge is 0.159 e. The number of hydrogen-bond acceptors (Lipinski definition) is 6. The van der Waals surface area contributed by atoms with Crippen LogP contribution >= 0.6 is 0 Å². The Hall–Kier alpha value is -12.4. The van der Waals surface area contributed by atoms with Crippen molar-refractivity contribution in [3.8, 4) is 44.5 Å². The Morgan fingerprint density at radius 2 is 0.435 bits per heavy atom. The third-order valence-electron chi connectivity index (χ3n) is 18.7. The second-order valence-corrected chi connectivity index (χ2v) is 23.8. The minimum Gasteiger partial charge on any atom is -0.454 e. The minimum atomic E-state index is 0.783. The van der Waals surface area contributed by atoms with E-state index in [0.29, 0.717) is 0 Å². The van der Waals surface area contributed by atoms with E-state index in [0.717, 1.165) is 188 Å². The molecular weight excluding hydrogens is 1120 g/mol. The molecule has 0 unspecified atom stereocenters. The Labute approximate surface area is 527 Å². The van der Waals surface area contributed by atoms with Gasteiger partial charge in [0, 0.05) is 54.5 Å². The third kappa shape index (κ3) is 8.07. The normalized spacial score (nSPS) is 11.9. The average Bonchev–Trinajstić information content (AvgIpc) is 0.886. The summed E-state index contributed by atoms with van der Waals surface area (Å²) < 4.78 is 27.9. The van der Waals surface area contributed by atoms with Crippen molar-refractivity contribution in [2.24, 2.45) is 0 Å². The highest BCUT2D eigenvalue weighted by molar-refractivity contribution is 6.24. The summed E-state index contributed by atoms with van der Waals surface area (Å²) in [7, 11) is 0. The van der Waals surface area contributed by atoms with Gasteiger partial charge in [0.05, 0.1) is 22.7 Å². The summed E-state index contributed by atoms with van der Waals surface area (Å²) in [5.74, 6) is 0. The molecular formula is C86H52N2O4. The lowest BCUT2D eigenvalue weighted by atomic mass is 9.84. The van der Waals surface area contributed by atoms with E-state index in [4.69, 9.17) is 17.7 Å². The van der Waals surface area contributed by atoms with E-state index in [1.54, 1.807) is 0 Å². The molecule has 4 heterocycles. The maximum absolute atomic E-state index is 6.97. The lowest BCUT2D eigenvalue weighted by Crippen LogP contribution is -2.11. The van der Waals surface area contributed by atoms with Gasteiger partial charge in [-0.05, 0) is 139 Å². The first kappa shape index (κ1) is 51.6. The van der Waals surface area contributed by atoms with Gasteiger partial charge in [0.2, 0.25) is 0 Å². The first-order chi connectivity index (χ1) is 45.6.